The molecule has 0 aromatic heterocycles. The SMILES string of the molecule is CC/C=C\C/C=C\C/C=C\C/C=C\CCCCCCCCC(=O)OC(COC(=O)CCCCCCC/C=C\CCCC)COC(=O)CCCCCCCCCCCCCCCCCCCCCCC. The lowest BCUT2D eigenvalue weighted by Gasteiger charge is -2.18. The largest absolute Gasteiger partial charge is 0.462 e. The molecule has 6 nitrogen and oxygen atoms in total. The van der Waals surface area contributed by atoms with Crippen LogP contribution in [0.1, 0.15) is 303 Å². The first-order valence-electron chi connectivity index (χ1n) is 29.8. The maximum atomic E-state index is 12.9. The van der Waals surface area contributed by atoms with Gasteiger partial charge < -0.3 is 14.2 Å². The molecule has 0 N–H and O–H groups in total. The predicted octanol–water partition coefficient (Wildman–Crippen LogP) is 20.0. The third-order valence-electron chi connectivity index (χ3n) is 13.0. The van der Waals surface area contributed by atoms with Gasteiger partial charge in [0, 0.05) is 19.3 Å². The molecular formula is C63H112O6. The van der Waals surface area contributed by atoms with Gasteiger partial charge in [-0.05, 0) is 77.0 Å². The fourth-order valence-corrected chi connectivity index (χ4v) is 8.53. The Morgan fingerprint density at radius 1 is 0.304 bits per heavy atom. The molecule has 0 saturated heterocycles. The fraction of sp³-hybridized carbons (Fsp3) is 0.794. The number of esters is 3. The summed E-state index contributed by atoms with van der Waals surface area (Å²) in [5.41, 5.74) is 0. The number of ether oxygens (including phenoxy) is 3. The lowest BCUT2D eigenvalue weighted by Crippen LogP contribution is -2.30. The van der Waals surface area contributed by atoms with Crippen molar-refractivity contribution < 1.29 is 28.6 Å². The fourth-order valence-electron chi connectivity index (χ4n) is 8.53. The van der Waals surface area contributed by atoms with E-state index in [2.05, 4.69) is 81.5 Å². The first-order chi connectivity index (χ1) is 34.0. The molecule has 0 aromatic carbocycles. The molecule has 0 aromatic rings. The minimum absolute atomic E-state index is 0.0801. The lowest BCUT2D eigenvalue weighted by molar-refractivity contribution is -0.167. The van der Waals surface area contributed by atoms with E-state index in [1.165, 1.54) is 161 Å². The van der Waals surface area contributed by atoms with Gasteiger partial charge in [-0.25, -0.2) is 0 Å². The Hall–Kier alpha value is -2.89. The number of rotatable bonds is 54. The van der Waals surface area contributed by atoms with E-state index >= 15 is 0 Å². The maximum Gasteiger partial charge on any atom is 0.306 e. The highest BCUT2D eigenvalue weighted by molar-refractivity contribution is 5.71. The molecule has 0 aliphatic carbocycles. The van der Waals surface area contributed by atoms with E-state index < -0.39 is 6.10 Å². The van der Waals surface area contributed by atoms with E-state index in [0.29, 0.717) is 19.3 Å². The predicted molar refractivity (Wildman–Crippen MR) is 298 cm³/mol. The Bertz CT molecular complexity index is 1250. The summed E-state index contributed by atoms with van der Waals surface area (Å²) < 4.78 is 16.9. The molecule has 69 heavy (non-hydrogen) atoms. The van der Waals surface area contributed by atoms with Crippen LogP contribution in [-0.4, -0.2) is 37.2 Å². The molecule has 6 heteroatoms. The standard InChI is InChI=1S/C63H112O6/c1-4-7-10-13-16-19-22-24-26-28-30-31-33-34-36-38-41-44-47-50-53-56-62(65)68-59-60(58-67-61(64)55-52-49-46-43-40-21-18-15-12-9-6-3)69-63(66)57-54-51-48-45-42-39-37-35-32-29-27-25-23-20-17-14-11-8-5-2/h8,11,15,17-18,20,25,27,32,35,60H,4-7,9-10,12-14,16,19,21-24,26,28-31,33-34,36-59H2,1-3H3/b11-8-,18-15-,20-17-,27-25-,35-32-. The van der Waals surface area contributed by atoms with Crippen molar-refractivity contribution in [2.24, 2.45) is 0 Å². The van der Waals surface area contributed by atoms with Crippen molar-refractivity contribution in [1.29, 1.82) is 0 Å². The smallest absolute Gasteiger partial charge is 0.306 e. The molecule has 0 bridgehead atoms. The second kappa shape index (κ2) is 57.7. The first-order valence-corrected chi connectivity index (χ1v) is 29.8. The van der Waals surface area contributed by atoms with Crippen LogP contribution in [0.15, 0.2) is 60.8 Å². The summed E-state index contributed by atoms with van der Waals surface area (Å²) in [4.78, 5) is 38.1. The van der Waals surface area contributed by atoms with E-state index in [9.17, 15) is 14.4 Å². The Kier molecular flexibility index (Phi) is 55.3. The Balaban J connectivity index is 4.30. The van der Waals surface area contributed by atoms with Crippen LogP contribution in [0.4, 0.5) is 0 Å². The molecule has 0 aliphatic rings. The summed E-state index contributed by atoms with van der Waals surface area (Å²) in [6.45, 7) is 6.51. The molecule has 0 amide bonds. The molecule has 0 rings (SSSR count). The molecule has 0 fully saturated rings. The van der Waals surface area contributed by atoms with Gasteiger partial charge in [0.25, 0.3) is 0 Å². The van der Waals surface area contributed by atoms with Crippen LogP contribution < -0.4 is 0 Å². The lowest BCUT2D eigenvalue weighted by atomic mass is 10.0. The zero-order valence-corrected chi connectivity index (χ0v) is 45.8. The van der Waals surface area contributed by atoms with Crippen molar-refractivity contribution in [2.45, 2.75) is 309 Å². The molecule has 1 unspecified atom stereocenters. The summed E-state index contributed by atoms with van der Waals surface area (Å²) in [5.74, 6) is -0.891. The third-order valence-corrected chi connectivity index (χ3v) is 13.0. The minimum atomic E-state index is -0.783. The van der Waals surface area contributed by atoms with Gasteiger partial charge in [-0.2, -0.15) is 0 Å². The Morgan fingerprint density at radius 3 is 0.942 bits per heavy atom. The minimum Gasteiger partial charge on any atom is -0.462 e. The van der Waals surface area contributed by atoms with Crippen molar-refractivity contribution in [3.63, 3.8) is 0 Å². The second-order valence-electron chi connectivity index (χ2n) is 19.9. The van der Waals surface area contributed by atoms with E-state index in [1.807, 2.05) is 0 Å². The summed E-state index contributed by atoms with van der Waals surface area (Å²) in [7, 11) is 0. The van der Waals surface area contributed by atoms with Crippen LogP contribution in [-0.2, 0) is 28.6 Å². The number of hydrogen-bond donors (Lipinski definition) is 0. The van der Waals surface area contributed by atoms with Gasteiger partial charge in [0.15, 0.2) is 6.10 Å². The number of carbonyl (C=O) groups excluding carboxylic acids is 3. The highest BCUT2D eigenvalue weighted by Gasteiger charge is 2.19. The van der Waals surface area contributed by atoms with E-state index in [4.69, 9.17) is 14.2 Å². The van der Waals surface area contributed by atoms with Crippen LogP contribution in [0.3, 0.4) is 0 Å². The maximum absolute atomic E-state index is 12.9. The van der Waals surface area contributed by atoms with Crippen molar-refractivity contribution in [2.75, 3.05) is 13.2 Å². The first kappa shape index (κ1) is 66.1. The monoisotopic (exact) mass is 965 g/mol. The molecule has 0 aliphatic heterocycles. The van der Waals surface area contributed by atoms with E-state index in [0.717, 1.165) is 103 Å². The van der Waals surface area contributed by atoms with Gasteiger partial charge in [-0.3, -0.25) is 14.4 Å². The molecular weight excluding hydrogens is 853 g/mol. The van der Waals surface area contributed by atoms with Crippen LogP contribution in [0.2, 0.25) is 0 Å². The summed E-state index contributed by atoms with van der Waals surface area (Å²) in [6.07, 6.45) is 72.2. The van der Waals surface area contributed by atoms with Crippen LogP contribution in [0.25, 0.3) is 0 Å². The molecule has 400 valence electrons. The Labute approximate surface area is 428 Å². The quantitative estimate of drug-likeness (QED) is 0.0262. The number of hydrogen-bond acceptors (Lipinski definition) is 6. The van der Waals surface area contributed by atoms with Crippen molar-refractivity contribution in [1.82, 2.24) is 0 Å². The summed E-state index contributed by atoms with van der Waals surface area (Å²) >= 11 is 0. The van der Waals surface area contributed by atoms with Gasteiger partial charge in [-0.15, -0.1) is 0 Å². The zero-order valence-electron chi connectivity index (χ0n) is 45.8. The summed E-state index contributed by atoms with van der Waals surface area (Å²) in [6, 6.07) is 0. The van der Waals surface area contributed by atoms with Crippen molar-refractivity contribution >= 4 is 17.9 Å². The zero-order chi connectivity index (χ0) is 50.0. The topological polar surface area (TPSA) is 78.9 Å². The average molecular weight is 966 g/mol. The van der Waals surface area contributed by atoms with Crippen LogP contribution >= 0.6 is 0 Å². The molecule has 1 atom stereocenters. The Morgan fingerprint density at radius 2 is 0.580 bits per heavy atom. The van der Waals surface area contributed by atoms with Crippen LogP contribution in [0, 0.1) is 0 Å². The number of unbranched alkanes of at least 4 members (excludes halogenated alkanes) is 33. The van der Waals surface area contributed by atoms with Gasteiger partial charge in [0.1, 0.15) is 13.2 Å². The molecule has 0 spiro atoms. The molecule has 0 heterocycles. The third kappa shape index (κ3) is 55.9. The summed E-state index contributed by atoms with van der Waals surface area (Å²) in [5, 5.41) is 0. The van der Waals surface area contributed by atoms with Gasteiger partial charge in [-0.1, -0.05) is 268 Å². The van der Waals surface area contributed by atoms with Gasteiger partial charge >= 0.3 is 17.9 Å². The van der Waals surface area contributed by atoms with E-state index in [-0.39, 0.29) is 31.1 Å². The van der Waals surface area contributed by atoms with Crippen LogP contribution in [0.5, 0.6) is 0 Å². The van der Waals surface area contributed by atoms with Gasteiger partial charge in [0.2, 0.25) is 0 Å². The van der Waals surface area contributed by atoms with Crippen molar-refractivity contribution in [3.05, 3.63) is 60.8 Å². The average Bonchev–Trinajstić information content (AvgIpc) is 3.35. The highest BCUT2D eigenvalue weighted by Crippen LogP contribution is 2.17. The second-order valence-corrected chi connectivity index (χ2v) is 19.9. The van der Waals surface area contributed by atoms with Crippen molar-refractivity contribution in [3.8, 4) is 0 Å². The van der Waals surface area contributed by atoms with E-state index in [1.54, 1.807) is 0 Å². The number of carbonyl (C=O) groups is 3. The molecule has 0 saturated carbocycles. The normalized spacial score (nSPS) is 12.4. The number of allylic oxidation sites excluding steroid dienone is 10. The highest BCUT2D eigenvalue weighted by atomic mass is 16.6. The van der Waals surface area contributed by atoms with Gasteiger partial charge in [0.05, 0.1) is 0 Å². The molecule has 0 radical (unpaired) electrons.